The summed E-state index contributed by atoms with van der Waals surface area (Å²) in [5.41, 5.74) is 1.72. The van der Waals surface area contributed by atoms with Crippen molar-refractivity contribution in [2.24, 2.45) is 5.92 Å². The van der Waals surface area contributed by atoms with Gasteiger partial charge in [0, 0.05) is 13.2 Å². The molecule has 0 bridgehead atoms. The predicted octanol–water partition coefficient (Wildman–Crippen LogP) is 3.12. The Labute approximate surface area is 184 Å². The molecule has 170 valence electrons. The summed E-state index contributed by atoms with van der Waals surface area (Å²) in [6, 6.07) is 7.79. The van der Waals surface area contributed by atoms with Crippen LogP contribution < -0.4 is 10.1 Å². The van der Waals surface area contributed by atoms with E-state index in [1.807, 2.05) is 45.0 Å². The maximum atomic E-state index is 12.4. The number of hydrogen-bond donors (Lipinski definition) is 1. The molecule has 1 aromatic carbocycles. The lowest BCUT2D eigenvalue weighted by Crippen LogP contribution is -2.33. The monoisotopic (exact) mass is 430 g/mol. The normalized spacial score (nSPS) is 17.5. The van der Waals surface area contributed by atoms with Gasteiger partial charge in [0.05, 0.1) is 25.0 Å². The quantitative estimate of drug-likeness (QED) is 0.695. The minimum Gasteiger partial charge on any atom is -0.492 e. The molecule has 2 heterocycles. The van der Waals surface area contributed by atoms with Gasteiger partial charge in [-0.15, -0.1) is 0 Å². The van der Waals surface area contributed by atoms with Gasteiger partial charge < -0.3 is 19.7 Å². The summed E-state index contributed by atoms with van der Waals surface area (Å²) in [7, 11) is 1.73. The van der Waals surface area contributed by atoms with E-state index in [0.29, 0.717) is 37.8 Å². The molecule has 0 radical (unpaired) electrons. The molecular formula is C23H34N4O4. The number of rotatable bonds is 8. The lowest BCUT2D eigenvalue weighted by Gasteiger charge is -2.17. The number of benzene rings is 1. The molecule has 0 spiro atoms. The molecule has 1 saturated heterocycles. The molecule has 2 aromatic rings. The molecule has 1 fully saturated rings. The number of nitrogens with one attached hydrogen (secondary N) is 1. The van der Waals surface area contributed by atoms with Crippen molar-refractivity contribution in [2.75, 3.05) is 32.1 Å². The molecule has 8 heteroatoms. The second-order valence-electron chi connectivity index (χ2n) is 7.56. The van der Waals surface area contributed by atoms with Gasteiger partial charge in [0.2, 0.25) is 5.91 Å². The number of hydrogen-bond acceptors (Lipinski definition) is 5. The first-order chi connectivity index (χ1) is 14.9. The Morgan fingerprint density at radius 2 is 2.00 bits per heavy atom. The zero-order valence-electron chi connectivity index (χ0n) is 19.1. The van der Waals surface area contributed by atoms with Gasteiger partial charge in [-0.2, -0.15) is 5.10 Å². The topological polar surface area (TPSA) is 85.7 Å². The van der Waals surface area contributed by atoms with Crippen LogP contribution in [0, 0.1) is 12.8 Å². The number of likely N-dealkylation sites (N-methyl/N-ethyl adjacent to an activating group) is 1. The van der Waals surface area contributed by atoms with Gasteiger partial charge in [0.15, 0.2) is 0 Å². The van der Waals surface area contributed by atoms with E-state index in [1.54, 1.807) is 18.1 Å². The fraction of sp³-hybridized carbons (Fsp3) is 0.522. The highest BCUT2D eigenvalue weighted by molar-refractivity contribution is 5.94. The summed E-state index contributed by atoms with van der Waals surface area (Å²) < 4.78 is 12.6. The second kappa shape index (κ2) is 12.1. The third kappa shape index (κ3) is 7.71. The van der Waals surface area contributed by atoms with E-state index < -0.39 is 6.10 Å². The van der Waals surface area contributed by atoms with Crippen molar-refractivity contribution in [3.05, 3.63) is 42.2 Å². The minimum atomic E-state index is -0.422. The minimum absolute atomic E-state index is 0.0911. The van der Waals surface area contributed by atoms with E-state index in [1.165, 1.54) is 16.4 Å². The van der Waals surface area contributed by atoms with E-state index in [2.05, 4.69) is 17.3 Å². The number of anilines is 1. The zero-order valence-corrected chi connectivity index (χ0v) is 19.1. The van der Waals surface area contributed by atoms with Gasteiger partial charge in [-0.1, -0.05) is 38.5 Å². The number of aromatic nitrogens is 2. The van der Waals surface area contributed by atoms with E-state index in [0.717, 1.165) is 5.75 Å². The average Bonchev–Trinajstić information content (AvgIpc) is 3.39. The van der Waals surface area contributed by atoms with Crippen molar-refractivity contribution in [1.29, 1.82) is 0 Å². The van der Waals surface area contributed by atoms with Crippen LogP contribution >= 0.6 is 0 Å². The molecule has 0 saturated carbocycles. The van der Waals surface area contributed by atoms with E-state index in [9.17, 15) is 9.59 Å². The first-order valence-corrected chi connectivity index (χ1v) is 10.8. The number of nitrogens with zero attached hydrogens (tertiary/aromatic N) is 3. The van der Waals surface area contributed by atoms with Crippen molar-refractivity contribution in [2.45, 2.75) is 46.8 Å². The van der Waals surface area contributed by atoms with Crippen LogP contribution in [-0.2, 0) is 20.9 Å². The molecule has 3 rings (SSSR count). The number of carbonyl (C=O) groups is 2. The average molecular weight is 431 g/mol. The zero-order chi connectivity index (χ0) is 22.8. The third-order valence-electron chi connectivity index (χ3n) is 4.83. The van der Waals surface area contributed by atoms with Crippen LogP contribution in [-0.4, -0.2) is 59.4 Å². The van der Waals surface area contributed by atoms with Gasteiger partial charge in [-0.25, -0.2) is 0 Å². The molecule has 31 heavy (non-hydrogen) atoms. The molecule has 1 N–H and O–H groups in total. The summed E-state index contributed by atoms with van der Waals surface area (Å²) in [4.78, 5) is 26.2. The summed E-state index contributed by atoms with van der Waals surface area (Å²) in [6.07, 6.45) is 3.47. The highest BCUT2D eigenvalue weighted by Crippen LogP contribution is 2.20. The van der Waals surface area contributed by atoms with Gasteiger partial charge in [0.1, 0.15) is 25.0 Å². The Morgan fingerprint density at radius 1 is 1.29 bits per heavy atom. The molecule has 0 aliphatic carbocycles. The van der Waals surface area contributed by atoms with Crippen LogP contribution in [0.1, 0.15) is 32.8 Å². The summed E-state index contributed by atoms with van der Waals surface area (Å²) in [5.74, 6) is 0.901. The Hall–Kier alpha value is -2.87. The molecule has 2 unspecified atom stereocenters. The van der Waals surface area contributed by atoms with Crippen molar-refractivity contribution in [3.8, 4) is 5.75 Å². The number of ether oxygens (including phenoxy) is 2. The van der Waals surface area contributed by atoms with Crippen LogP contribution in [0.3, 0.4) is 0 Å². The number of carbonyl (C=O) groups excluding carboxylic acids is 2. The summed E-state index contributed by atoms with van der Waals surface area (Å²) in [6.45, 7) is 9.64. The molecule has 1 aromatic heterocycles. The van der Waals surface area contributed by atoms with E-state index >= 15 is 0 Å². The first-order valence-electron chi connectivity index (χ1n) is 10.8. The molecular weight excluding hydrogens is 396 g/mol. The SMILES string of the molecule is CC.Cc1ccc(OCCN(C)C(=O)Cn2cc(NC(=O)C3CC(C)CO3)cn2)cc1. The largest absolute Gasteiger partial charge is 0.492 e. The predicted molar refractivity (Wildman–Crippen MR) is 120 cm³/mol. The fourth-order valence-corrected chi connectivity index (χ4v) is 3.02. The molecule has 2 amide bonds. The van der Waals surface area contributed by atoms with Gasteiger partial charge >= 0.3 is 0 Å². The smallest absolute Gasteiger partial charge is 0.253 e. The number of amides is 2. The first kappa shape index (κ1) is 24.4. The highest BCUT2D eigenvalue weighted by Gasteiger charge is 2.28. The maximum absolute atomic E-state index is 12.4. The van der Waals surface area contributed by atoms with Gasteiger partial charge in [-0.3, -0.25) is 14.3 Å². The second-order valence-corrected chi connectivity index (χ2v) is 7.56. The van der Waals surface area contributed by atoms with Crippen molar-refractivity contribution in [1.82, 2.24) is 14.7 Å². The standard InChI is InChI=1S/C21H28N4O4.C2H6/c1-15-4-6-18(7-5-15)28-9-8-24(3)20(26)13-25-12-17(11-22-25)23-21(27)19-10-16(2)14-29-19;1-2/h4-7,11-12,16,19H,8-10,13-14H2,1-3H3,(H,23,27);1-2H3. The fourth-order valence-electron chi connectivity index (χ4n) is 3.02. The molecule has 1 aliphatic rings. The summed E-state index contributed by atoms with van der Waals surface area (Å²) >= 11 is 0. The van der Waals surface area contributed by atoms with Crippen LogP contribution in [0.4, 0.5) is 5.69 Å². The maximum Gasteiger partial charge on any atom is 0.253 e. The van der Waals surface area contributed by atoms with E-state index in [4.69, 9.17) is 9.47 Å². The molecule has 2 atom stereocenters. The Kier molecular flexibility index (Phi) is 9.52. The highest BCUT2D eigenvalue weighted by atomic mass is 16.5. The lowest BCUT2D eigenvalue weighted by atomic mass is 10.1. The van der Waals surface area contributed by atoms with Crippen LogP contribution in [0.25, 0.3) is 0 Å². The van der Waals surface area contributed by atoms with Crippen molar-refractivity contribution < 1.29 is 19.1 Å². The van der Waals surface area contributed by atoms with Crippen LogP contribution in [0.15, 0.2) is 36.7 Å². The Morgan fingerprint density at radius 3 is 2.65 bits per heavy atom. The van der Waals surface area contributed by atoms with Crippen LogP contribution in [0.5, 0.6) is 5.75 Å². The third-order valence-corrected chi connectivity index (χ3v) is 4.83. The Bertz CT molecular complexity index is 834. The van der Waals surface area contributed by atoms with Gasteiger partial charge in [0.25, 0.3) is 5.91 Å². The molecule has 1 aliphatic heterocycles. The van der Waals surface area contributed by atoms with Crippen molar-refractivity contribution >= 4 is 17.5 Å². The Balaban J connectivity index is 0.00000166. The molecule has 8 nitrogen and oxygen atoms in total. The lowest BCUT2D eigenvalue weighted by molar-refractivity contribution is -0.131. The van der Waals surface area contributed by atoms with Crippen LogP contribution in [0.2, 0.25) is 0 Å². The van der Waals surface area contributed by atoms with Crippen molar-refractivity contribution in [3.63, 3.8) is 0 Å². The summed E-state index contributed by atoms with van der Waals surface area (Å²) in [5, 5.41) is 6.94. The number of aryl methyl sites for hydroxylation is 1. The van der Waals surface area contributed by atoms with E-state index in [-0.39, 0.29) is 18.4 Å². The van der Waals surface area contributed by atoms with Gasteiger partial charge in [-0.05, 0) is 31.4 Å².